The van der Waals surface area contributed by atoms with E-state index < -0.39 is 6.04 Å². The quantitative estimate of drug-likeness (QED) is 0.768. The number of carbonyl (C=O) groups excluding carboxylic acids is 2. The van der Waals surface area contributed by atoms with Crippen LogP contribution in [0.15, 0.2) is 24.3 Å². The van der Waals surface area contributed by atoms with Crippen molar-refractivity contribution in [3.8, 4) is 10.6 Å². The van der Waals surface area contributed by atoms with E-state index in [1.807, 2.05) is 0 Å². The van der Waals surface area contributed by atoms with E-state index in [4.69, 9.17) is 0 Å². The summed E-state index contributed by atoms with van der Waals surface area (Å²) in [7, 11) is 0. The maximum atomic E-state index is 13.2. The molecule has 3 rings (SSSR count). The molecule has 0 unspecified atom stereocenters. The third-order valence-corrected chi connectivity index (χ3v) is 6.76. The van der Waals surface area contributed by atoms with Gasteiger partial charge in [0.15, 0.2) is 0 Å². The van der Waals surface area contributed by atoms with E-state index in [9.17, 15) is 14.0 Å². The van der Waals surface area contributed by atoms with Crippen molar-refractivity contribution in [1.29, 1.82) is 0 Å². The molecule has 2 heterocycles. The summed E-state index contributed by atoms with van der Waals surface area (Å²) in [5.41, 5.74) is 1.40. The molecule has 1 aliphatic rings. The van der Waals surface area contributed by atoms with Crippen molar-refractivity contribution in [2.45, 2.75) is 33.2 Å². The Balaban J connectivity index is 1.73. The fourth-order valence-electron chi connectivity index (χ4n) is 2.90. The molecule has 5 nitrogen and oxygen atoms in total. The molecule has 1 N–H and O–H groups in total. The molecule has 150 valence electrons. The molecule has 0 saturated carbocycles. The van der Waals surface area contributed by atoms with Gasteiger partial charge in [-0.05, 0) is 43.5 Å². The lowest BCUT2D eigenvalue weighted by atomic mass is 10.1. The van der Waals surface area contributed by atoms with E-state index in [0.717, 1.165) is 12.0 Å². The van der Waals surface area contributed by atoms with Crippen molar-refractivity contribution in [2.75, 3.05) is 18.2 Å². The Morgan fingerprint density at radius 1 is 1.32 bits per heavy atom. The van der Waals surface area contributed by atoms with E-state index >= 15 is 0 Å². The smallest absolute Gasteiger partial charge is 0.267 e. The molecule has 0 bridgehead atoms. The van der Waals surface area contributed by atoms with Gasteiger partial charge in [0.25, 0.3) is 5.91 Å². The molecule has 8 heteroatoms. The standard InChI is InChI=1S/C20H24FN3O2S2/c1-12(2)8-9-22-18(25)16-10-27-11-24(16)20(26)17-13(3)23-19(28-17)14-4-6-15(21)7-5-14/h4-7,12,16H,8-11H2,1-3H3,(H,22,25)/t16-/m0/s1. The van der Waals surface area contributed by atoms with E-state index in [1.165, 1.54) is 23.5 Å². The molecule has 1 atom stereocenters. The minimum Gasteiger partial charge on any atom is -0.354 e. The molecule has 0 radical (unpaired) electrons. The van der Waals surface area contributed by atoms with Crippen LogP contribution in [-0.4, -0.2) is 45.9 Å². The van der Waals surface area contributed by atoms with Crippen LogP contribution in [0.2, 0.25) is 0 Å². The number of carbonyl (C=O) groups is 2. The van der Waals surface area contributed by atoms with E-state index in [0.29, 0.717) is 39.7 Å². The molecular formula is C20H24FN3O2S2. The summed E-state index contributed by atoms with van der Waals surface area (Å²) in [6.07, 6.45) is 0.911. The normalized spacial score (nSPS) is 16.6. The fourth-order valence-corrected chi connectivity index (χ4v) is 5.08. The molecule has 0 spiro atoms. The highest BCUT2D eigenvalue weighted by Gasteiger charge is 2.36. The number of aromatic nitrogens is 1. The highest BCUT2D eigenvalue weighted by molar-refractivity contribution is 7.99. The number of aryl methyl sites for hydroxylation is 1. The first-order valence-electron chi connectivity index (χ1n) is 9.26. The van der Waals surface area contributed by atoms with Crippen LogP contribution in [0.4, 0.5) is 4.39 Å². The van der Waals surface area contributed by atoms with Crippen LogP contribution in [0.5, 0.6) is 0 Å². The van der Waals surface area contributed by atoms with E-state index in [2.05, 4.69) is 24.1 Å². The lowest BCUT2D eigenvalue weighted by Gasteiger charge is -2.22. The van der Waals surface area contributed by atoms with E-state index in [-0.39, 0.29) is 17.6 Å². The van der Waals surface area contributed by atoms with Crippen LogP contribution in [0, 0.1) is 18.7 Å². The molecule has 2 amide bonds. The lowest BCUT2D eigenvalue weighted by Crippen LogP contribution is -2.47. The summed E-state index contributed by atoms with van der Waals surface area (Å²) >= 11 is 2.86. The second kappa shape index (κ2) is 9.05. The first-order valence-corrected chi connectivity index (χ1v) is 11.2. The number of amides is 2. The molecule has 28 heavy (non-hydrogen) atoms. The largest absolute Gasteiger partial charge is 0.354 e. The summed E-state index contributed by atoms with van der Waals surface area (Å²) in [6.45, 7) is 6.63. The molecule has 1 fully saturated rings. The van der Waals surface area contributed by atoms with Gasteiger partial charge in [0, 0.05) is 17.9 Å². The molecular weight excluding hydrogens is 397 g/mol. The average molecular weight is 422 g/mol. The zero-order valence-electron chi connectivity index (χ0n) is 16.2. The molecule has 0 aliphatic carbocycles. The number of rotatable bonds is 6. The number of nitrogens with zero attached hydrogens (tertiary/aromatic N) is 2. The summed E-state index contributed by atoms with van der Waals surface area (Å²) in [5.74, 6) is 1.03. The van der Waals surface area contributed by atoms with Gasteiger partial charge in [-0.25, -0.2) is 9.37 Å². The van der Waals surface area contributed by atoms with Crippen LogP contribution in [0.3, 0.4) is 0 Å². The summed E-state index contributed by atoms with van der Waals surface area (Å²) in [6, 6.07) is 5.60. The van der Waals surface area contributed by atoms with Gasteiger partial charge in [0.2, 0.25) is 5.91 Å². The Morgan fingerprint density at radius 3 is 2.71 bits per heavy atom. The van der Waals surface area contributed by atoms with Gasteiger partial charge in [-0.15, -0.1) is 23.1 Å². The predicted molar refractivity (Wildman–Crippen MR) is 112 cm³/mol. The molecule has 1 aliphatic heterocycles. The third-order valence-electron chi connectivity index (χ3n) is 4.55. The highest BCUT2D eigenvalue weighted by atomic mass is 32.2. The number of halogens is 1. The topological polar surface area (TPSA) is 62.3 Å². The number of hydrogen-bond donors (Lipinski definition) is 1. The lowest BCUT2D eigenvalue weighted by molar-refractivity contribution is -0.124. The number of nitrogens with one attached hydrogen (secondary N) is 1. The predicted octanol–water partition coefficient (Wildman–Crippen LogP) is 3.94. The van der Waals surface area contributed by atoms with Crippen molar-refractivity contribution >= 4 is 34.9 Å². The van der Waals surface area contributed by atoms with Gasteiger partial charge in [-0.3, -0.25) is 9.59 Å². The first kappa shape index (κ1) is 20.8. The van der Waals surface area contributed by atoms with Crippen molar-refractivity contribution in [1.82, 2.24) is 15.2 Å². The van der Waals surface area contributed by atoms with Gasteiger partial charge < -0.3 is 10.2 Å². The number of thiazole rings is 1. The molecule has 1 aromatic heterocycles. The zero-order valence-corrected chi connectivity index (χ0v) is 17.8. The van der Waals surface area contributed by atoms with Crippen LogP contribution in [0.1, 0.15) is 35.6 Å². The maximum Gasteiger partial charge on any atom is 0.267 e. The summed E-state index contributed by atoms with van der Waals surface area (Å²) in [4.78, 5) is 32.3. The third kappa shape index (κ3) is 4.72. The van der Waals surface area contributed by atoms with Gasteiger partial charge >= 0.3 is 0 Å². The number of benzene rings is 1. The van der Waals surface area contributed by atoms with Crippen LogP contribution in [0.25, 0.3) is 10.6 Å². The van der Waals surface area contributed by atoms with Crippen LogP contribution in [-0.2, 0) is 4.79 Å². The molecule has 1 saturated heterocycles. The van der Waals surface area contributed by atoms with Crippen molar-refractivity contribution in [2.24, 2.45) is 5.92 Å². The second-order valence-electron chi connectivity index (χ2n) is 7.20. The van der Waals surface area contributed by atoms with E-state index in [1.54, 1.807) is 35.7 Å². The van der Waals surface area contributed by atoms with Gasteiger partial charge in [-0.1, -0.05) is 13.8 Å². The summed E-state index contributed by atoms with van der Waals surface area (Å²) < 4.78 is 13.2. The number of hydrogen-bond acceptors (Lipinski definition) is 5. The van der Waals surface area contributed by atoms with Gasteiger partial charge in [0.1, 0.15) is 21.7 Å². The van der Waals surface area contributed by atoms with Crippen molar-refractivity contribution in [3.63, 3.8) is 0 Å². The van der Waals surface area contributed by atoms with Gasteiger partial charge in [-0.2, -0.15) is 0 Å². The Hall–Kier alpha value is -1.93. The Kier molecular flexibility index (Phi) is 6.72. The van der Waals surface area contributed by atoms with Crippen LogP contribution < -0.4 is 5.32 Å². The monoisotopic (exact) mass is 421 g/mol. The highest BCUT2D eigenvalue weighted by Crippen LogP contribution is 2.31. The van der Waals surface area contributed by atoms with Crippen molar-refractivity contribution < 1.29 is 14.0 Å². The van der Waals surface area contributed by atoms with Crippen LogP contribution >= 0.6 is 23.1 Å². The van der Waals surface area contributed by atoms with Crippen molar-refractivity contribution in [3.05, 3.63) is 40.7 Å². The average Bonchev–Trinajstić information content (AvgIpc) is 3.28. The fraction of sp³-hybridized carbons (Fsp3) is 0.450. The Morgan fingerprint density at radius 2 is 2.04 bits per heavy atom. The zero-order chi connectivity index (χ0) is 20.3. The summed E-state index contributed by atoms with van der Waals surface area (Å²) in [5, 5.41) is 3.62. The van der Waals surface area contributed by atoms with Gasteiger partial charge in [0.05, 0.1) is 11.6 Å². The second-order valence-corrected chi connectivity index (χ2v) is 9.20. The molecule has 1 aromatic carbocycles. The maximum absolute atomic E-state index is 13.2. The Labute approximate surface area is 172 Å². The first-order chi connectivity index (χ1) is 13.4. The Bertz CT molecular complexity index is 852. The molecule has 2 aromatic rings. The minimum atomic E-state index is -0.458. The minimum absolute atomic E-state index is 0.0973. The number of thioether (sulfide) groups is 1. The SMILES string of the molecule is Cc1nc(-c2ccc(F)cc2)sc1C(=O)N1CSC[C@H]1C(=O)NCCC(C)C.